The molecule has 2 aromatic rings. The Bertz CT molecular complexity index is 1030. The van der Waals surface area contributed by atoms with Crippen molar-refractivity contribution in [3.63, 3.8) is 0 Å². The summed E-state index contributed by atoms with van der Waals surface area (Å²) in [5.74, 6) is -2.29. The molecule has 0 spiro atoms. The number of carbonyl (C=O) groups excluding carboxylic acids is 4. The highest BCUT2D eigenvalue weighted by Crippen LogP contribution is 2.39. The molecule has 0 aromatic heterocycles. The summed E-state index contributed by atoms with van der Waals surface area (Å²) >= 11 is 1.22. The van der Waals surface area contributed by atoms with Crippen LogP contribution >= 0.6 is 11.8 Å². The molecule has 2 aliphatic heterocycles. The summed E-state index contributed by atoms with van der Waals surface area (Å²) in [5, 5.41) is -0.747. The smallest absolute Gasteiger partial charge is 0.356 e. The van der Waals surface area contributed by atoms with Crippen LogP contribution in [-0.2, 0) is 28.7 Å². The van der Waals surface area contributed by atoms with Crippen LogP contribution in [0.25, 0.3) is 0 Å². The molecule has 1 amide bonds. The molecule has 1 saturated heterocycles. The number of ether oxygens (including phenoxy) is 2. The Morgan fingerprint density at radius 3 is 2.16 bits per heavy atom. The van der Waals surface area contributed by atoms with Crippen LogP contribution in [0.1, 0.15) is 24.2 Å². The predicted octanol–water partition coefficient (Wildman–Crippen LogP) is 2.62. The number of thioether (sulfide) groups is 1. The quantitative estimate of drug-likeness (QED) is 0.390. The van der Waals surface area contributed by atoms with Gasteiger partial charge in [-0.3, -0.25) is 19.3 Å². The number of rotatable bonds is 6. The highest BCUT2D eigenvalue weighted by atomic mass is 32.2. The van der Waals surface area contributed by atoms with Gasteiger partial charge in [-0.2, -0.15) is 0 Å². The standard InChI is InChI=1S/C23H19NO6S/c1-14(25)29-12-17-13-31-22-19(26)21(27)24(22)18(17)23(28)30-20(15-8-4-2-5-9-15)16-10-6-3-7-11-16/h2-11,20,22H,12-13H2,1H3. The molecule has 2 heterocycles. The third-order valence-electron chi connectivity index (χ3n) is 4.95. The largest absolute Gasteiger partial charge is 0.461 e. The monoisotopic (exact) mass is 437 g/mol. The highest BCUT2D eigenvalue weighted by molar-refractivity contribution is 8.01. The van der Waals surface area contributed by atoms with Crippen LogP contribution in [0, 0.1) is 0 Å². The van der Waals surface area contributed by atoms with Gasteiger partial charge >= 0.3 is 11.9 Å². The number of nitrogens with zero attached hydrogens (tertiary/aromatic N) is 1. The average Bonchev–Trinajstić information content (AvgIpc) is 2.80. The average molecular weight is 437 g/mol. The van der Waals surface area contributed by atoms with Gasteiger partial charge in [-0.1, -0.05) is 60.7 Å². The Hall–Kier alpha value is -3.39. The van der Waals surface area contributed by atoms with Crippen molar-refractivity contribution in [3.8, 4) is 0 Å². The lowest BCUT2D eigenvalue weighted by Gasteiger charge is -2.42. The van der Waals surface area contributed by atoms with Gasteiger partial charge in [0.15, 0.2) is 11.5 Å². The van der Waals surface area contributed by atoms with Gasteiger partial charge in [0.1, 0.15) is 12.3 Å². The van der Waals surface area contributed by atoms with Crippen molar-refractivity contribution in [2.75, 3.05) is 12.4 Å². The van der Waals surface area contributed by atoms with E-state index < -0.39 is 35.1 Å². The van der Waals surface area contributed by atoms with Crippen LogP contribution in [0.2, 0.25) is 0 Å². The first-order valence-corrected chi connectivity index (χ1v) is 10.7. The van der Waals surface area contributed by atoms with Gasteiger partial charge in [0.05, 0.1) is 0 Å². The van der Waals surface area contributed by atoms with Crippen molar-refractivity contribution in [3.05, 3.63) is 83.1 Å². The van der Waals surface area contributed by atoms with Gasteiger partial charge < -0.3 is 9.47 Å². The molecule has 0 N–H and O–H groups in total. The maximum atomic E-state index is 13.3. The fraction of sp³-hybridized carbons (Fsp3) is 0.217. The SMILES string of the molecule is CC(=O)OCC1=C(C(=O)OC(c2ccccc2)c2ccccc2)N2C(=O)C(=O)C2SC1. The molecular weight excluding hydrogens is 418 g/mol. The predicted molar refractivity (Wildman–Crippen MR) is 113 cm³/mol. The van der Waals surface area contributed by atoms with E-state index in [1.807, 2.05) is 60.7 Å². The number of hydrogen-bond donors (Lipinski definition) is 0. The van der Waals surface area contributed by atoms with Gasteiger partial charge in [0, 0.05) is 18.2 Å². The van der Waals surface area contributed by atoms with Gasteiger partial charge in [-0.05, 0) is 11.1 Å². The minimum Gasteiger partial charge on any atom is -0.461 e. The zero-order valence-electron chi connectivity index (χ0n) is 16.6. The second kappa shape index (κ2) is 8.77. The third kappa shape index (κ3) is 4.11. The van der Waals surface area contributed by atoms with Crippen LogP contribution in [0.4, 0.5) is 0 Å². The number of fused-ring (bicyclic) bond motifs is 1. The summed E-state index contributed by atoms with van der Waals surface area (Å²) in [4.78, 5) is 49.9. The Morgan fingerprint density at radius 1 is 1.03 bits per heavy atom. The number of β-lactam (4-membered cyclic amide) rings is 1. The summed E-state index contributed by atoms with van der Waals surface area (Å²) in [6, 6.07) is 18.5. The molecule has 1 atom stereocenters. The number of esters is 2. The first kappa shape index (κ1) is 20.9. The molecule has 2 aliphatic rings. The Morgan fingerprint density at radius 2 is 1.61 bits per heavy atom. The Labute approximate surface area is 183 Å². The number of ketones is 1. The van der Waals surface area contributed by atoms with Crippen LogP contribution < -0.4 is 0 Å². The van der Waals surface area contributed by atoms with Crippen molar-refractivity contribution in [1.82, 2.24) is 4.90 Å². The molecule has 8 heteroatoms. The molecule has 0 saturated carbocycles. The number of hydrogen-bond acceptors (Lipinski definition) is 7. The second-order valence-electron chi connectivity index (χ2n) is 7.04. The van der Waals surface area contributed by atoms with E-state index in [-0.39, 0.29) is 18.1 Å². The fourth-order valence-electron chi connectivity index (χ4n) is 3.46. The van der Waals surface area contributed by atoms with E-state index in [0.717, 1.165) is 16.0 Å². The second-order valence-corrected chi connectivity index (χ2v) is 8.11. The molecular formula is C23H19NO6S. The van der Waals surface area contributed by atoms with Crippen molar-refractivity contribution in [1.29, 1.82) is 0 Å². The van der Waals surface area contributed by atoms with E-state index in [1.165, 1.54) is 18.7 Å². The van der Waals surface area contributed by atoms with E-state index in [2.05, 4.69) is 0 Å². The van der Waals surface area contributed by atoms with Crippen molar-refractivity contribution >= 4 is 35.4 Å². The van der Waals surface area contributed by atoms with Gasteiger partial charge in [-0.25, -0.2) is 4.79 Å². The number of Topliss-reactive ketones (excluding diaryl/α,β-unsaturated/α-hetero) is 1. The summed E-state index contributed by atoms with van der Waals surface area (Å²) in [6.07, 6.45) is -0.711. The van der Waals surface area contributed by atoms with Crippen LogP contribution in [0.3, 0.4) is 0 Å². The first-order valence-electron chi connectivity index (χ1n) is 9.62. The van der Waals surface area contributed by atoms with Gasteiger partial charge in [0.2, 0.25) is 0 Å². The van der Waals surface area contributed by atoms with Crippen molar-refractivity contribution in [2.24, 2.45) is 0 Å². The molecule has 0 bridgehead atoms. The zero-order valence-corrected chi connectivity index (χ0v) is 17.5. The minimum atomic E-state index is -0.763. The number of carbonyl (C=O) groups is 4. The first-order chi connectivity index (χ1) is 15.0. The normalized spacial score (nSPS) is 17.9. The summed E-state index contributed by atoms with van der Waals surface area (Å²) in [7, 11) is 0. The lowest BCUT2D eigenvalue weighted by molar-refractivity contribution is -0.159. The molecule has 158 valence electrons. The molecule has 2 aromatic carbocycles. The number of amides is 1. The van der Waals surface area contributed by atoms with Crippen LogP contribution in [0.15, 0.2) is 71.9 Å². The summed E-state index contributed by atoms with van der Waals surface area (Å²) < 4.78 is 10.9. The molecule has 1 unspecified atom stereocenters. The lowest BCUT2D eigenvalue weighted by Crippen LogP contribution is -2.62. The molecule has 1 fully saturated rings. The van der Waals surface area contributed by atoms with Gasteiger partial charge in [0.25, 0.3) is 11.7 Å². The Balaban J connectivity index is 1.69. The molecule has 7 nitrogen and oxygen atoms in total. The highest BCUT2D eigenvalue weighted by Gasteiger charge is 2.53. The Kier molecular flexibility index (Phi) is 5.90. The van der Waals surface area contributed by atoms with E-state index >= 15 is 0 Å². The van der Waals surface area contributed by atoms with Crippen LogP contribution in [-0.4, -0.2) is 46.3 Å². The van der Waals surface area contributed by atoms with Crippen molar-refractivity contribution < 1.29 is 28.7 Å². The molecule has 4 rings (SSSR count). The van der Waals surface area contributed by atoms with E-state index in [9.17, 15) is 19.2 Å². The molecule has 0 aliphatic carbocycles. The summed E-state index contributed by atoms with van der Waals surface area (Å²) in [6.45, 7) is 1.11. The topological polar surface area (TPSA) is 90.0 Å². The summed E-state index contributed by atoms with van der Waals surface area (Å²) in [5.41, 5.74) is 1.93. The zero-order chi connectivity index (χ0) is 22.0. The van der Waals surface area contributed by atoms with E-state index in [1.54, 1.807) is 0 Å². The maximum Gasteiger partial charge on any atom is 0.356 e. The maximum absolute atomic E-state index is 13.3. The van der Waals surface area contributed by atoms with Crippen LogP contribution in [0.5, 0.6) is 0 Å². The van der Waals surface area contributed by atoms with E-state index in [0.29, 0.717) is 5.57 Å². The third-order valence-corrected chi connectivity index (χ3v) is 6.21. The van der Waals surface area contributed by atoms with E-state index in [4.69, 9.17) is 9.47 Å². The fourth-order valence-corrected chi connectivity index (χ4v) is 4.64. The number of benzene rings is 2. The minimum absolute atomic E-state index is 0.0218. The molecule has 31 heavy (non-hydrogen) atoms. The lowest BCUT2D eigenvalue weighted by atomic mass is 10.0. The van der Waals surface area contributed by atoms with Gasteiger partial charge in [-0.15, -0.1) is 11.8 Å². The van der Waals surface area contributed by atoms with Crippen molar-refractivity contribution in [2.45, 2.75) is 18.4 Å². The molecule has 0 radical (unpaired) electrons.